The molecule has 174 valence electrons. The van der Waals surface area contributed by atoms with Crippen LogP contribution >= 0.6 is 11.6 Å². The molecule has 1 aliphatic rings. The third-order valence-electron chi connectivity index (χ3n) is 6.44. The lowest BCUT2D eigenvalue weighted by molar-refractivity contribution is -0.135. The molecule has 3 aromatic rings. The average Bonchev–Trinajstić information content (AvgIpc) is 2.81. The van der Waals surface area contributed by atoms with Gasteiger partial charge in [0.15, 0.2) is 11.5 Å². The molecule has 4 rings (SSSR count). The number of methoxy groups -OCH3 is 2. The number of aryl methyl sites for hydroxylation is 1. The highest BCUT2D eigenvalue weighted by molar-refractivity contribution is 6.30. The lowest BCUT2D eigenvalue weighted by atomic mass is 9.84. The normalized spacial score (nSPS) is 15.5. The van der Waals surface area contributed by atoms with E-state index in [0.717, 1.165) is 5.56 Å². The predicted molar refractivity (Wildman–Crippen MR) is 125 cm³/mol. The molecule has 0 atom stereocenters. The average molecular weight is 472 g/mol. The Morgan fingerprint density at radius 2 is 1.73 bits per heavy atom. The second-order valence-electron chi connectivity index (χ2n) is 8.29. The van der Waals surface area contributed by atoms with Crippen LogP contribution in [0.15, 0.2) is 45.6 Å². The van der Waals surface area contributed by atoms with E-state index in [9.17, 15) is 14.7 Å². The number of nitrogens with zero attached hydrogens (tertiary/aromatic N) is 1. The van der Waals surface area contributed by atoms with Crippen molar-refractivity contribution < 1.29 is 23.8 Å². The van der Waals surface area contributed by atoms with Crippen molar-refractivity contribution in [2.24, 2.45) is 0 Å². The molecule has 0 bridgehead atoms. The molecular weight excluding hydrogens is 446 g/mol. The predicted octanol–water partition coefficient (Wildman–Crippen LogP) is 3.82. The van der Waals surface area contributed by atoms with E-state index < -0.39 is 11.2 Å². The number of piperidine rings is 1. The molecule has 1 amide bonds. The van der Waals surface area contributed by atoms with Crippen LogP contribution in [0.4, 0.5) is 0 Å². The van der Waals surface area contributed by atoms with E-state index in [1.807, 2.05) is 12.1 Å². The molecule has 1 aromatic heterocycles. The molecule has 0 saturated carbocycles. The molecule has 2 heterocycles. The SMILES string of the molecule is COc1cc2oc(=O)c(CC(=O)N3CCC(O)(c4ccc(Cl)cc4)CC3)c(C)c2cc1OC. The smallest absolute Gasteiger partial charge is 0.340 e. The third kappa shape index (κ3) is 4.43. The first kappa shape index (κ1) is 23.1. The summed E-state index contributed by atoms with van der Waals surface area (Å²) in [6, 6.07) is 10.5. The zero-order valence-electron chi connectivity index (χ0n) is 18.8. The van der Waals surface area contributed by atoms with Gasteiger partial charge >= 0.3 is 5.63 Å². The van der Waals surface area contributed by atoms with Crippen molar-refractivity contribution in [3.8, 4) is 11.5 Å². The van der Waals surface area contributed by atoms with Crippen molar-refractivity contribution >= 4 is 28.5 Å². The fourth-order valence-corrected chi connectivity index (χ4v) is 4.48. The Morgan fingerprint density at radius 3 is 2.33 bits per heavy atom. The Kier molecular flexibility index (Phi) is 6.36. The molecule has 1 fully saturated rings. The maximum Gasteiger partial charge on any atom is 0.340 e. The number of fused-ring (bicyclic) bond motifs is 1. The van der Waals surface area contributed by atoms with Gasteiger partial charge in [-0.2, -0.15) is 0 Å². The van der Waals surface area contributed by atoms with Gasteiger partial charge in [0.05, 0.1) is 31.8 Å². The van der Waals surface area contributed by atoms with Crippen LogP contribution in [0.2, 0.25) is 5.02 Å². The Labute approximate surface area is 196 Å². The Morgan fingerprint density at radius 1 is 1.12 bits per heavy atom. The molecule has 1 N–H and O–H groups in total. The van der Waals surface area contributed by atoms with Gasteiger partial charge < -0.3 is 23.9 Å². The molecule has 0 radical (unpaired) electrons. The molecule has 2 aromatic carbocycles. The zero-order valence-corrected chi connectivity index (χ0v) is 19.6. The third-order valence-corrected chi connectivity index (χ3v) is 6.70. The highest BCUT2D eigenvalue weighted by Gasteiger charge is 2.35. The van der Waals surface area contributed by atoms with Crippen molar-refractivity contribution in [1.82, 2.24) is 4.90 Å². The molecule has 0 unspecified atom stereocenters. The highest BCUT2D eigenvalue weighted by atomic mass is 35.5. The standard InChI is InChI=1S/C25H26ClNO6/c1-15-18-12-21(31-2)22(32-3)14-20(18)33-24(29)19(15)13-23(28)27-10-8-25(30,9-11-27)16-4-6-17(26)7-5-16/h4-7,12,14,30H,8-11,13H2,1-3H3. The summed E-state index contributed by atoms with van der Waals surface area (Å²) in [6.45, 7) is 2.57. The number of hydrogen-bond donors (Lipinski definition) is 1. The van der Waals surface area contributed by atoms with Gasteiger partial charge in [-0.25, -0.2) is 4.79 Å². The molecule has 1 aliphatic heterocycles. The number of benzene rings is 2. The quantitative estimate of drug-likeness (QED) is 0.569. The second-order valence-corrected chi connectivity index (χ2v) is 8.73. The maximum atomic E-state index is 13.0. The number of carbonyl (C=O) groups is 1. The molecule has 33 heavy (non-hydrogen) atoms. The van der Waals surface area contributed by atoms with Gasteiger partial charge in [0.25, 0.3) is 0 Å². The molecular formula is C25H26ClNO6. The topological polar surface area (TPSA) is 89.2 Å². The van der Waals surface area contributed by atoms with Crippen molar-refractivity contribution in [3.05, 3.63) is 68.5 Å². The van der Waals surface area contributed by atoms with Crippen LogP contribution in [0.1, 0.15) is 29.5 Å². The number of hydrogen-bond acceptors (Lipinski definition) is 6. The number of rotatable bonds is 5. The largest absolute Gasteiger partial charge is 0.493 e. The van der Waals surface area contributed by atoms with Crippen LogP contribution in [-0.4, -0.2) is 43.2 Å². The van der Waals surface area contributed by atoms with Gasteiger partial charge in [0.2, 0.25) is 5.91 Å². The van der Waals surface area contributed by atoms with Crippen LogP contribution in [-0.2, 0) is 16.8 Å². The van der Waals surface area contributed by atoms with Gasteiger partial charge in [-0.1, -0.05) is 23.7 Å². The van der Waals surface area contributed by atoms with Crippen LogP contribution in [0.25, 0.3) is 11.0 Å². The Balaban J connectivity index is 1.53. The fraction of sp³-hybridized carbons (Fsp3) is 0.360. The first-order valence-corrected chi connectivity index (χ1v) is 11.1. The number of halogens is 1. The number of aliphatic hydroxyl groups is 1. The summed E-state index contributed by atoms with van der Waals surface area (Å²) in [6.07, 6.45) is 0.739. The minimum atomic E-state index is -1.01. The summed E-state index contributed by atoms with van der Waals surface area (Å²) in [5.74, 6) is 0.790. The van der Waals surface area contributed by atoms with Crippen molar-refractivity contribution in [2.75, 3.05) is 27.3 Å². The van der Waals surface area contributed by atoms with E-state index in [1.54, 1.807) is 36.1 Å². The number of likely N-dealkylation sites (tertiary alicyclic amines) is 1. The number of amides is 1. The maximum absolute atomic E-state index is 13.0. The van der Waals surface area contributed by atoms with Crippen molar-refractivity contribution in [3.63, 3.8) is 0 Å². The van der Waals surface area contributed by atoms with E-state index in [2.05, 4.69) is 0 Å². The summed E-state index contributed by atoms with van der Waals surface area (Å²) in [5, 5.41) is 12.3. The highest BCUT2D eigenvalue weighted by Crippen LogP contribution is 2.35. The summed E-state index contributed by atoms with van der Waals surface area (Å²) in [5.41, 5.74) is 0.597. The molecule has 0 aliphatic carbocycles. The minimum absolute atomic E-state index is 0.0716. The van der Waals surface area contributed by atoms with Gasteiger partial charge in [-0.15, -0.1) is 0 Å². The number of ether oxygens (including phenoxy) is 2. The van der Waals surface area contributed by atoms with E-state index in [-0.39, 0.29) is 12.3 Å². The van der Waals surface area contributed by atoms with Gasteiger partial charge in [0, 0.05) is 29.6 Å². The summed E-state index contributed by atoms with van der Waals surface area (Å²) < 4.78 is 16.1. The van der Waals surface area contributed by atoms with Gasteiger partial charge in [-0.05, 0) is 49.1 Å². The Hall–Kier alpha value is -3.03. The first-order valence-electron chi connectivity index (χ1n) is 10.7. The minimum Gasteiger partial charge on any atom is -0.493 e. The van der Waals surface area contributed by atoms with Crippen LogP contribution < -0.4 is 15.1 Å². The summed E-state index contributed by atoms with van der Waals surface area (Å²) >= 11 is 5.95. The number of carbonyl (C=O) groups excluding carboxylic acids is 1. The molecule has 1 saturated heterocycles. The summed E-state index contributed by atoms with van der Waals surface area (Å²) in [7, 11) is 3.04. The first-order chi connectivity index (χ1) is 15.8. The van der Waals surface area contributed by atoms with Crippen LogP contribution in [0, 0.1) is 6.92 Å². The van der Waals surface area contributed by atoms with Gasteiger partial charge in [0.1, 0.15) is 5.58 Å². The lowest BCUT2D eigenvalue weighted by Crippen LogP contribution is -2.46. The van der Waals surface area contributed by atoms with E-state index >= 15 is 0 Å². The molecule has 8 heteroatoms. The van der Waals surface area contributed by atoms with E-state index in [0.29, 0.717) is 64.5 Å². The Bertz CT molecular complexity index is 1240. The van der Waals surface area contributed by atoms with E-state index in [4.69, 9.17) is 25.5 Å². The summed E-state index contributed by atoms with van der Waals surface area (Å²) in [4.78, 5) is 27.4. The fourth-order valence-electron chi connectivity index (χ4n) is 4.36. The second kappa shape index (κ2) is 9.08. The lowest BCUT2D eigenvalue weighted by Gasteiger charge is -2.38. The van der Waals surface area contributed by atoms with Gasteiger partial charge in [-0.3, -0.25) is 4.79 Å². The molecule has 7 nitrogen and oxygen atoms in total. The van der Waals surface area contributed by atoms with Crippen molar-refractivity contribution in [2.45, 2.75) is 31.8 Å². The van der Waals surface area contributed by atoms with Crippen molar-refractivity contribution in [1.29, 1.82) is 0 Å². The van der Waals surface area contributed by atoms with E-state index in [1.165, 1.54) is 14.2 Å². The zero-order chi connectivity index (χ0) is 23.8. The monoisotopic (exact) mass is 471 g/mol. The van der Waals surface area contributed by atoms with Crippen LogP contribution in [0.5, 0.6) is 11.5 Å². The van der Waals surface area contributed by atoms with Crippen LogP contribution in [0.3, 0.4) is 0 Å². The molecule has 0 spiro atoms.